The molecule has 1 N–H and O–H groups in total. The van der Waals surface area contributed by atoms with Crippen molar-refractivity contribution in [3.63, 3.8) is 0 Å². The molecule has 0 radical (unpaired) electrons. The maximum absolute atomic E-state index is 12.8. The number of nitrogens with one attached hydrogen (secondary N) is 1. The lowest BCUT2D eigenvalue weighted by Crippen LogP contribution is -2.53. The number of carbonyl (C=O) groups excluding carboxylic acids is 2. The molecule has 3 rings (SSSR count). The van der Waals surface area contributed by atoms with Crippen LogP contribution in [0.3, 0.4) is 0 Å². The van der Waals surface area contributed by atoms with Crippen LogP contribution in [0.5, 0.6) is 0 Å². The number of carbonyl (C=O) groups is 2. The van der Waals surface area contributed by atoms with Crippen LogP contribution in [0.15, 0.2) is 48.5 Å². The van der Waals surface area contributed by atoms with Crippen LogP contribution in [0.2, 0.25) is 0 Å². The predicted molar refractivity (Wildman–Crippen MR) is 116 cm³/mol. The monoisotopic (exact) mass is 469 g/mol. The second-order valence-corrected chi connectivity index (χ2v) is 8.15. The van der Waals surface area contributed by atoms with E-state index in [4.69, 9.17) is 5.26 Å². The van der Waals surface area contributed by atoms with Gasteiger partial charge in [-0.05, 0) is 54.5 Å². The minimum absolute atomic E-state index is 0.00282. The normalized spacial score (nSPS) is 15.9. The predicted octanol–water partition coefficient (Wildman–Crippen LogP) is 4.76. The molecule has 1 amide bonds. The molecule has 1 saturated carbocycles. The van der Waals surface area contributed by atoms with E-state index >= 15 is 0 Å². The molecule has 0 bridgehead atoms. The van der Waals surface area contributed by atoms with Gasteiger partial charge in [-0.25, -0.2) is 4.79 Å². The average Bonchev–Trinajstić information content (AvgIpc) is 2.84. The molecule has 0 aliphatic heterocycles. The SMILES string of the molecule is N#Cc1ccc(-c2ccc(C(C#N)CNC(=O)C3(OC(=O)C(F)(F)F)CCCCC3)cc2)cc1. The van der Waals surface area contributed by atoms with E-state index in [1.807, 2.05) is 0 Å². The van der Waals surface area contributed by atoms with Crippen LogP contribution in [-0.4, -0.2) is 30.2 Å². The zero-order chi connectivity index (χ0) is 24.8. The minimum atomic E-state index is -5.20. The van der Waals surface area contributed by atoms with Gasteiger partial charge < -0.3 is 10.1 Å². The molecule has 1 aliphatic rings. The van der Waals surface area contributed by atoms with E-state index in [1.54, 1.807) is 48.5 Å². The largest absolute Gasteiger partial charge is 0.490 e. The summed E-state index contributed by atoms with van der Waals surface area (Å²) in [5, 5.41) is 21.0. The van der Waals surface area contributed by atoms with Crippen LogP contribution in [0.1, 0.15) is 49.1 Å². The molecular weight excluding hydrogens is 447 g/mol. The van der Waals surface area contributed by atoms with Crippen molar-refractivity contribution in [3.8, 4) is 23.3 Å². The molecule has 1 fully saturated rings. The van der Waals surface area contributed by atoms with Gasteiger partial charge >= 0.3 is 12.1 Å². The van der Waals surface area contributed by atoms with Crippen molar-refractivity contribution in [2.45, 2.75) is 49.8 Å². The summed E-state index contributed by atoms with van der Waals surface area (Å²) in [7, 11) is 0. The molecular formula is C25H22F3N3O3. The van der Waals surface area contributed by atoms with Crippen LogP contribution in [0.4, 0.5) is 13.2 Å². The Balaban J connectivity index is 1.69. The third-order valence-electron chi connectivity index (χ3n) is 5.88. The molecule has 6 nitrogen and oxygen atoms in total. The number of esters is 1. The van der Waals surface area contributed by atoms with Crippen molar-refractivity contribution in [3.05, 3.63) is 59.7 Å². The average molecular weight is 469 g/mol. The molecule has 34 heavy (non-hydrogen) atoms. The number of amides is 1. The Labute approximate surface area is 194 Å². The fourth-order valence-corrected chi connectivity index (χ4v) is 3.97. The highest BCUT2D eigenvalue weighted by molar-refractivity contribution is 5.89. The topological polar surface area (TPSA) is 103 Å². The van der Waals surface area contributed by atoms with Crippen LogP contribution < -0.4 is 5.32 Å². The van der Waals surface area contributed by atoms with Crippen LogP contribution >= 0.6 is 0 Å². The summed E-state index contributed by atoms with van der Waals surface area (Å²) in [6.45, 7) is -0.142. The molecule has 0 heterocycles. The number of halogens is 3. The van der Waals surface area contributed by atoms with Crippen molar-refractivity contribution >= 4 is 11.9 Å². The van der Waals surface area contributed by atoms with Gasteiger partial charge in [0.2, 0.25) is 0 Å². The van der Waals surface area contributed by atoms with Gasteiger partial charge in [-0.15, -0.1) is 0 Å². The molecule has 2 aromatic rings. The molecule has 9 heteroatoms. The number of nitriles is 2. The van der Waals surface area contributed by atoms with Crippen LogP contribution in [-0.2, 0) is 14.3 Å². The number of benzene rings is 2. The second kappa shape index (κ2) is 10.4. The third kappa shape index (κ3) is 5.74. The summed E-state index contributed by atoms with van der Waals surface area (Å²) < 4.78 is 43.0. The molecule has 176 valence electrons. The second-order valence-electron chi connectivity index (χ2n) is 8.15. The molecule has 0 aromatic heterocycles. The highest BCUT2D eigenvalue weighted by atomic mass is 19.4. The lowest BCUT2D eigenvalue weighted by atomic mass is 9.83. The number of hydrogen-bond acceptors (Lipinski definition) is 5. The Morgan fingerprint density at radius 3 is 2.03 bits per heavy atom. The fraction of sp³-hybridized carbons (Fsp3) is 0.360. The van der Waals surface area contributed by atoms with Gasteiger partial charge in [0.1, 0.15) is 0 Å². The van der Waals surface area contributed by atoms with Gasteiger partial charge in [0.25, 0.3) is 5.91 Å². The first kappa shape index (κ1) is 24.8. The molecule has 1 aliphatic carbocycles. The zero-order valence-electron chi connectivity index (χ0n) is 18.2. The smallest absolute Gasteiger partial charge is 0.442 e. The molecule has 2 aromatic carbocycles. The highest BCUT2D eigenvalue weighted by Crippen LogP contribution is 2.34. The fourth-order valence-electron chi connectivity index (χ4n) is 3.97. The summed E-state index contributed by atoms with van der Waals surface area (Å²) in [5.41, 5.74) is 1.03. The first-order valence-electron chi connectivity index (χ1n) is 10.8. The van der Waals surface area contributed by atoms with Gasteiger partial charge in [0, 0.05) is 6.54 Å². The maximum atomic E-state index is 12.8. The Kier molecular flexibility index (Phi) is 7.57. The first-order chi connectivity index (χ1) is 16.2. The number of rotatable bonds is 6. The van der Waals surface area contributed by atoms with Crippen molar-refractivity contribution in [1.82, 2.24) is 5.32 Å². The van der Waals surface area contributed by atoms with E-state index in [-0.39, 0.29) is 19.4 Å². The molecule has 0 spiro atoms. The Morgan fingerprint density at radius 2 is 1.53 bits per heavy atom. The van der Waals surface area contributed by atoms with Crippen molar-refractivity contribution in [2.24, 2.45) is 0 Å². The Hall–Kier alpha value is -3.85. The Morgan fingerprint density at radius 1 is 0.971 bits per heavy atom. The minimum Gasteiger partial charge on any atom is -0.442 e. The van der Waals surface area contributed by atoms with E-state index < -0.39 is 29.6 Å². The third-order valence-corrected chi connectivity index (χ3v) is 5.88. The van der Waals surface area contributed by atoms with Crippen LogP contribution in [0, 0.1) is 22.7 Å². The first-order valence-corrected chi connectivity index (χ1v) is 10.8. The highest BCUT2D eigenvalue weighted by Gasteiger charge is 2.50. The summed E-state index contributed by atoms with van der Waals surface area (Å²) in [6.07, 6.45) is -3.57. The maximum Gasteiger partial charge on any atom is 0.490 e. The van der Waals surface area contributed by atoms with E-state index in [0.29, 0.717) is 24.0 Å². The van der Waals surface area contributed by atoms with Gasteiger partial charge in [0.15, 0.2) is 5.60 Å². The van der Waals surface area contributed by atoms with Crippen molar-refractivity contribution in [1.29, 1.82) is 10.5 Å². The number of ether oxygens (including phenoxy) is 1. The standard InChI is InChI=1S/C25H22F3N3O3/c26-25(27,28)23(33)34-24(12-2-1-3-13-24)22(32)31-16-21(15-30)20-10-8-19(9-11-20)18-6-4-17(14-29)5-7-18/h4-11,21H,1-3,12-13,16H2,(H,31,32). The Bertz CT molecular complexity index is 1110. The zero-order valence-corrected chi connectivity index (χ0v) is 18.2. The summed E-state index contributed by atoms with van der Waals surface area (Å²) in [6, 6.07) is 18.2. The van der Waals surface area contributed by atoms with Crippen molar-refractivity contribution < 1.29 is 27.5 Å². The van der Waals surface area contributed by atoms with E-state index in [0.717, 1.165) is 17.5 Å². The number of hydrogen-bond donors (Lipinski definition) is 1. The molecule has 1 atom stereocenters. The van der Waals surface area contributed by atoms with E-state index in [2.05, 4.69) is 22.2 Å². The van der Waals surface area contributed by atoms with Gasteiger partial charge in [-0.1, -0.05) is 42.8 Å². The van der Waals surface area contributed by atoms with Crippen molar-refractivity contribution in [2.75, 3.05) is 6.54 Å². The summed E-state index contributed by atoms with van der Waals surface area (Å²) in [5.74, 6) is -3.96. The lowest BCUT2D eigenvalue weighted by molar-refractivity contribution is -0.216. The summed E-state index contributed by atoms with van der Waals surface area (Å²) in [4.78, 5) is 24.3. The molecule has 0 saturated heterocycles. The number of nitrogens with zero attached hydrogens (tertiary/aromatic N) is 2. The van der Waals surface area contributed by atoms with Crippen LogP contribution in [0.25, 0.3) is 11.1 Å². The lowest BCUT2D eigenvalue weighted by Gasteiger charge is -2.35. The van der Waals surface area contributed by atoms with E-state index in [1.165, 1.54) is 0 Å². The van der Waals surface area contributed by atoms with E-state index in [9.17, 15) is 28.0 Å². The molecule has 1 unspecified atom stereocenters. The van der Waals surface area contributed by atoms with Gasteiger partial charge in [0.05, 0.1) is 23.6 Å². The quantitative estimate of drug-likeness (QED) is 0.615. The van der Waals surface area contributed by atoms with Gasteiger partial charge in [-0.3, -0.25) is 4.79 Å². The van der Waals surface area contributed by atoms with Gasteiger partial charge in [-0.2, -0.15) is 23.7 Å². The number of alkyl halides is 3. The summed E-state index contributed by atoms with van der Waals surface area (Å²) >= 11 is 0.